The van der Waals surface area contributed by atoms with E-state index in [-0.39, 0.29) is 5.41 Å². The van der Waals surface area contributed by atoms with Gasteiger partial charge in [-0.05, 0) is 54.8 Å². The van der Waals surface area contributed by atoms with Crippen molar-refractivity contribution in [2.24, 2.45) is 0 Å². The molecule has 0 N–H and O–H groups in total. The highest BCUT2D eigenvalue weighted by Gasteiger charge is 2.49. The normalized spacial score (nSPS) is 15.1. The fourth-order valence-corrected chi connectivity index (χ4v) is 3.57. The molecule has 0 unspecified atom stereocenters. The van der Waals surface area contributed by atoms with E-state index < -0.39 is 0 Å². The van der Waals surface area contributed by atoms with Gasteiger partial charge in [0.2, 0.25) is 5.65 Å². The average Bonchev–Trinajstić information content (AvgIpc) is 3.35. The maximum atomic E-state index is 6.05. The van der Waals surface area contributed by atoms with Gasteiger partial charge in [-0.25, -0.2) is 0 Å². The molecule has 5 heteroatoms. The molecule has 1 aliphatic carbocycles. The number of benzene rings is 2. The van der Waals surface area contributed by atoms with Gasteiger partial charge in [-0.2, -0.15) is 0 Å². The molecule has 1 saturated carbocycles. The fourth-order valence-electron chi connectivity index (χ4n) is 3.45. The van der Waals surface area contributed by atoms with Crippen LogP contribution in [0.1, 0.15) is 24.2 Å². The molecular formula is C21H16ClN3O. The Morgan fingerprint density at radius 3 is 2.38 bits per heavy atom. The van der Waals surface area contributed by atoms with Crippen LogP contribution < -0.4 is 4.74 Å². The molecular weight excluding hydrogens is 346 g/mol. The monoisotopic (exact) mass is 361 g/mol. The molecule has 0 atom stereocenters. The van der Waals surface area contributed by atoms with Crippen molar-refractivity contribution >= 4 is 17.2 Å². The Kier molecular flexibility index (Phi) is 3.47. The minimum absolute atomic E-state index is 0.0879. The van der Waals surface area contributed by atoms with E-state index in [4.69, 9.17) is 16.3 Å². The highest BCUT2D eigenvalue weighted by Crippen LogP contribution is 2.53. The molecule has 128 valence electrons. The number of hydrogen-bond donors (Lipinski definition) is 0. The van der Waals surface area contributed by atoms with Crippen molar-refractivity contribution in [3.63, 3.8) is 0 Å². The van der Waals surface area contributed by atoms with Crippen LogP contribution in [0.3, 0.4) is 0 Å². The van der Waals surface area contributed by atoms with Crippen molar-refractivity contribution in [3.05, 3.63) is 89.3 Å². The van der Waals surface area contributed by atoms with E-state index in [0.29, 0.717) is 5.75 Å². The Bertz CT molecular complexity index is 1070. The van der Waals surface area contributed by atoms with Crippen molar-refractivity contribution < 1.29 is 4.74 Å². The van der Waals surface area contributed by atoms with Crippen LogP contribution in [0.25, 0.3) is 5.65 Å². The average molecular weight is 362 g/mol. The van der Waals surface area contributed by atoms with Crippen LogP contribution in [-0.4, -0.2) is 14.6 Å². The highest BCUT2D eigenvalue weighted by atomic mass is 35.5. The highest BCUT2D eigenvalue weighted by molar-refractivity contribution is 6.30. The van der Waals surface area contributed by atoms with Crippen molar-refractivity contribution in [2.75, 3.05) is 0 Å². The molecule has 4 nitrogen and oxygen atoms in total. The summed E-state index contributed by atoms with van der Waals surface area (Å²) in [6.07, 6.45) is 4.11. The van der Waals surface area contributed by atoms with Gasteiger partial charge in [0.15, 0.2) is 5.75 Å². The first-order chi connectivity index (χ1) is 12.8. The van der Waals surface area contributed by atoms with Crippen LogP contribution in [0, 0.1) is 0 Å². The van der Waals surface area contributed by atoms with Crippen molar-refractivity contribution in [2.45, 2.75) is 18.3 Å². The summed E-state index contributed by atoms with van der Waals surface area (Å²) in [5, 5.41) is 9.70. The van der Waals surface area contributed by atoms with Gasteiger partial charge in [0.05, 0.1) is 5.41 Å². The summed E-state index contributed by atoms with van der Waals surface area (Å²) < 4.78 is 8.06. The van der Waals surface area contributed by atoms with E-state index in [1.807, 2.05) is 65.2 Å². The van der Waals surface area contributed by atoms with Gasteiger partial charge in [-0.15, -0.1) is 10.2 Å². The number of fused-ring (bicyclic) bond motifs is 1. The van der Waals surface area contributed by atoms with Crippen LogP contribution >= 0.6 is 11.6 Å². The predicted octanol–water partition coefficient (Wildman–Crippen LogP) is 5.25. The Morgan fingerprint density at radius 2 is 1.65 bits per heavy atom. The van der Waals surface area contributed by atoms with E-state index in [9.17, 15) is 0 Å². The van der Waals surface area contributed by atoms with Gasteiger partial charge in [-0.1, -0.05) is 41.9 Å². The fraction of sp³-hybridized carbons (Fsp3) is 0.143. The molecule has 2 heterocycles. The molecule has 0 radical (unpaired) electrons. The Balaban J connectivity index is 1.58. The number of aromatic nitrogens is 3. The van der Waals surface area contributed by atoms with Crippen LogP contribution in [0.4, 0.5) is 0 Å². The molecule has 0 spiro atoms. The third-order valence-electron chi connectivity index (χ3n) is 4.94. The lowest BCUT2D eigenvalue weighted by Gasteiger charge is -2.14. The standard InChI is InChI=1S/C21H16ClN3O/c22-16-10-8-15(9-11-16)21(12-13-21)20-24-23-19-18(7-4-14-25(19)20)26-17-5-2-1-3-6-17/h1-11,14H,12-13H2. The van der Waals surface area contributed by atoms with Gasteiger partial charge < -0.3 is 4.74 Å². The largest absolute Gasteiger partial charge is 0.453 e. The van der Waals surface area contributed by atoms with E-state index in [1.165, 1.54) is 5.56 Å². The summed E-state index contributed by atoms with van der Waals surface area (Å²) >= 11 is 6.05. The second-order valence-corrected chi connectivity index (χ2v) is 7.03. The smallest absolute Gasteiger partial charge is 0.203 e. The molecule has 1 aliphatic rings. The zero-order chi connectivity index (χ0) is 17.6. The second kappa shape index (κ2) is 5.85. The molecule has 2 aromatic heterocycles. The topological polar surface area (TPSA) is 39.4 Å². The van der Waals surface area contributed by atoms with Gasteiger partial charge in [0, 0.05) is 11.2 Å². The zero-order valence-corrected chi connectivity index (χ0v) is 14.7. The first-order valence-corrected chi connectivity index (χ1v) is 8.97. The van der Waals surface area contributed by atoms with Gasteiger partial charge in [-0.3, -0.25) is 4.40 Å². The summed E-state index contributed by atoms with van der Waals surface area (Å²) in [5.74, 6) is 2.43. The minimum Gasteiger partial charge on any atom is -0.453 e. The van der Waals surface area contributed by atoms with Crippen molar-refractivity contribution in [3.8, 4) is 11.5 Å². The molecule has 0 aliphatic heterocycles. The van der Waals surface area contributed by atoms with Crippen molar-refractivity contribution in [1.82, 2.24) is 14.6 Å². The van der Waals surface area contributed by atoms with Gasteiger partial charge in [0.25, 0.3) is 0 Å². The van der Waals surface area contributed by atoms with Crippen LogP contribution in [0.15, 0.2) is 72.9 Å². The molecule has 0 amide bonds. The third kappa shape index (κ3) is 2.45. The molecule has 4 aromatic rings. The summed E-state index contributed by atoms with van der Waals surface area (Å²) in [6.45, 7) is 0. The summed E-state index contributed by atoms with van der Waals surface area (Å²) in [5.41, 5.74) is 1.87. The van der Waals surface area contributed by atoms with Crippen LogP contribution in [0.2, 0.25) is 5.02 Å². The number of halogens is 1. The summed E-state index contributed by atoms with van der Waals surface area (Å²) in [6, 6.07) is 21.6. The third-order valence-corrected chi connectivity index (χ3v) is 5.20. The van der Waals surface area contributed by atoms with E-state index >= 15 is 0 Å². The summed E-state index contributed by atoms with van der Waals surface area (Å²) in [7, 11) is 0. The zero-order valence-electron chi connectivity index (χ0n) is 14.0. The predicted molar refractivity (Wildman–Crippen MR) is 101 cm³/mol. The maximum absolute atomic E-state index is 6.05. The molecule has 0 saturated heterocycles. The Labute approximate surface area is 156 Å². The van der Waals surface area contributed by atoms with Crippen molar-refractivity contribution in [1.29, 1.82) is 0 Å². The number of rotatable bonds is 4. The lowest BCUT2D eigenvalue weighted by molar-refractivity contribution is 0.484. The van der Waals surface area contributed by atoms with Crippen LogP contribution in [-0.2, 0) is 5.41 Å². The van der Waals surface area contributed by atoms with Gasteiger partial charge >= 0.3 is 0 Å². The maximum Gasteiger partial charge on any atom is 0.203 e. The molecule has 26 heavy (non-hydrogen) atoms. The van der Waals surface area contributed by atoms with Gasteiger partial charge in [0.1, 0.15) is 11.6 Å². The van der Waals surface area contributed by atoms with E-state index in [2.05, 4.69) is 22.3 Å². The molecule has 1 fully saturated rings. The number of ether oxygens (including phenoxy) is 1. The first kappa shape index (κ1) is 15.4. The number of nitrogens with zero attached hydrogens (tertiary/aromatic N) is 3. The number of para-hydroxylation sites is 1. The van der Waals surface area contributed by atoms with E-state index in [1.54, 1.807) is 0 Å². The van der Waals surface area contributed by atoms with E-state index in [0.717, 1.165) is 35.1 Å². The second-order valence-electron chi connectivity index (χ2n) is 6.59. The summed E-state index contributed by atoms with van der Waals surface area (Å²) in [4.78, 5) is 0. The number of pyridine rings is 1. The Hall–Kier alpha value is -2.85. The molecule has 2 aromatic carbocycles. The molecule has 5 rings (SSSR count). The van der Waals surface area contributed by atoms with Crippen LogP contribution in [0.5, 0.6) is 11.5 Å². The lowest BCUT2D eigenvalue weighted by atomic mass is 9.95. The lowest BCUT2D eigenvalue weighted by Crippen LogP contribution is -2.13. The number of hydrogen-bond acceptors (Lipinski definition) is 3. The first-order valence-electron chi connectivity index (χ1n) is 8.59. The quantitative estimate of drug-likeness (QED) is 0.498. The minimum atomic E-state index is -0.0879. The molecule has 0 bridgehead atoms. The SMILES string of the molecule is Clc1ccc(C2(c3nnc4c(Oc5ccccc5)cccn34)CC2)cc1. The Morgan fingerprint density at radius 1 is 0.885 bits per heavy atom.